The van der Waals surface area contributed by atoms with Gasteiger partial charge in [-0.3, -0.25) is 14.5 Å². The molecule has 1 saturated heterocycles. The Hall–Kier alpha value is -2.06. The molecule has 0 aromatic heterocycles. The summed E-state index contributed by atoms with van der Waals surface area (Å²) in [5, 5.41) is 5.45. The molecule has 1 aromatic rings. The van der Waals surface area contributed by atoms with Crippen molar-refractivity contribution < 1.29 is 23.1 Å². The molecule has 0 atom stereocenters. The zero-order chi connectivity index (χ0) is 19.9. The monoisotopic (exact) mass is 383 g/mol. The highest BCUT2D eigenvalue weighted by atomic mass is 19.1. The minimum Gasteiger partial charge on any atom is -0.379 e. The van der Waals surface area contributed by atoms with E-state index in [0.29, 0.717) is 32.2 Å². The minimum absolute atomic E-state index is 0.0986. The molecule has 0 bridgehead atoms. The fourth-order valence-corrected chi connectivity index (χ4v) is 2.90. The molecule has 2 N–H and O–H groups in total. The van der Waals surface area contributed by atoms with Crippen molar-refractivity contribution in [1.29, 1.82) is 0 Å². The van der Waals surface area contributed by atoms with Crippen LogP contribution in [0.25, 0.3) is 0 Å². The van der Waals surface area contributed by atoms with Gasteiger partial charge < -0.3 is 15.4 Å². The van der Waals surface area contributed by atoms with Gasteiger partial charge in [0.2, 0.25) is 5.91 Å². The molecule has 1 aliphatic rings. The Bertz CT molecular complexity index is 662. The smallest absolute Gasteiger partial charge is 0.254 e. The molecule has 0 saturated carbocycles. The number of carbonyl (C=O) groups excluding carboxylic acids is 2. The van der Waals surface area contributed by atoms with E-state index in [4.69, 9.17) is 4.74 Å². The van der Waals surface area contributed by atoms with Crippen molar-refractivity contribution in [1.82, 2.24) is 15.5 Å². The quantitative estimate of drug-likeness (QED) is 0.671. The van der Waals surface area contributed by atoms with E-state index in [-0.39, 0.29) is 30.0 Å². The summed E-state index contributed by atoms with van der Waals surface area (Å²) in [5.41, 5.74) is -0.374. The van der Waals surface area contributed by atoms with Crippen LogP contribution in [0.4, 0.5) is 8.78 Å². The fourth-order valence-electron chi connectivity index (χ4n) is 2.90. The summed E-state index contributed by atoms with van der Waals surface area (Å²) in [6.45, 7) is 8.00. The molecule has 2 amide bonds. The van der Waals surface area contributed by atoms with Crippen molar-refractivity contribution in [3.63, 3.8) is 0 Å². The maximum Gasteiger partial charge on any atom is 0.254 e. The van der Waals surface area contributed by atoms with Gasteiger partial charge in [-0.2, -0.15) is 0 Å². The third-order valence-electron chi connectivity index (χ3n) is 4.63. The highest BCUT2D eigenvalue weighted by molar-refractivity contribution is 5.94. The second-order valence-electron chi connectivity index (χ2n) is 7.17. The van der Waals surface area contributed by atoms with Crippen molar-refractivity contribution in [2.24, 2.45) is 0 Å². The minimum atomic E-state index is -0.907. The number of rotatable bonds is 8. The number of nitrogens with one attached hydrogen (secondary N) is 2. The molecule has 27 heavy (non-hydrogen) atoms. The Morgan fingerprint density at radius 2 is 1.89 bits per heavy atom. The zero-order valence-corrected chi connectivity index (χ0v) is 15.8. The normalized spacial score (nSPS) is 15.4. The first-order valence-corrected chi connectivity index (χ1v) is 9.12. The third-order valence-corrected chi connectivity index (χ3v) is 4.63. The molecule has 0 aliphatic carbocycles. The number of morpholine rings is 1. The molecule has 1 aliphatic heterocycles. The van der Waals surface area contributed by atoms with Crippen LogP contribution < -0.4 is 10.6 Å². The molecular weight excluding hydrogens is 356 g/mol. The summed E-state index contributed by atoms with van der Waals surface area (Å²) in [5.74, 6) is -2.36. The van der Waals surface area contributed by atoms with Crippen molar-refractivity contribution in [3.05, 3.63) is 35.4 Å². The number of amides is 2. The lowest BCUT2D eigenvalue weighted by Crippen LogP contribution is -2.55. The van der Waals surface area contributed by atoms with Crippen molar-refractivity contribution in [2.75, 3.05) is 39.4 Å². The Labute approximate surface area is 158 Å². The molecule has 0 radical (unpaired) electrons. The molecule has 1 heterocycles. The van der Waals surface area contributed by atoms with Crippen LogP contribution in [-0.4, -0.2) is 61.6 Å². The lowest BCUT2D eigenvalue weighted by atomic mass is 10.0. The van der Waals surface area contributed by atoms with E-state index in [1.807, 2.05) is 0 Å². The Kier molecular flexibility index (Phi) is 7.67. The van der Waals surface area contributed by atoms with Crippen LogP contribution in [0.1, 0.15) is 37.0 Å². The number of nitrogens with zero attached hydrogens (tertiary/aromatic N) is 1. The van der Waals surface area contributed by atoms with E-state index in [2.05, 4.69) is 29.4 Å². The van der Waals surface area contributed by atoms with Crippen LogP contribution in [0.15, 0.2) is 18.2 Å². The van der Waals surface area contributed by atoms with E-state index in [9.17, 15) is 18.4 Å². The average Bonchev–Trinajstić information content (AvgIpc) is 2.64. The third kappa shape index (κ3) is 6.55. The average molecular weight is 383 g/mol. The predicted molar refractivity (Wildman–Crippen MR) is 97.4 cm³/mol. The molecule has 0 spiro atoms. The molecule has 1 fully saturated rings. The first-order chi connectivity index (χ1) is 12.8. The van der Waals surface area contributed by atoms with Gasteiger partial charge in [0.25, 0.3) is 5.91 Å². The number of hydrogen-bond acceptors (Lipinski definition) is 4. The fraction of sp³-hybridized carbons (Fsp3) is 0.579. The second-order valence-corrected chi connectivity index (χ2v) is 7.17. The maximum atomic E-state index is 13.5. The van der Waals surface area contributed by atoms with E-state index in [0.717, 1.165) is 25.2 Å². The Morgan fingerprint density at radius 3 is 2.56 bits per heavy atom. The number of benzene rings is 1. The lowest BCUT2D eigenvalue weighted by molar-refractivity contribution is -0.122. The van der Waals surface area contributed by atoms with Crippen LogP contribution in [0, 0.1) is 11.6 Å². The van der Waals surface area contributed by atoms with E-state index < -0.39 is 17.5 Å². The second kappa shape index (κ2) is 9.75. The Morgan fingerprint density at radius 1 is 1.19 bits per heavy atom. The molecule has 2 rings (SSSR count). The van der Waals surface area contributed by atoms with E-state index in [1.165, 1.54) is 0 Å². The largest absolute Gasteiger partial charge is 0.379 e. The number of ether oxygens (including phenoxy) is 1. The van der Waals surface area contributed by atoms with Gasteiger partial charge in [0, 0.05) is 44.2 Å². The summed E-state index contributed by atoms with van der Waals surface area (Å²) in [7, 11) is 0. The first kappa shape index (κ1) is 21.2. The standard InChI is InChI=1S/C19H27F2N3O3/c1-19(2,24-8-10-27-11-9-24)13-23-17(25)4-3-7-22-18(26)15-6-5-14(20)12-16(15)21/h5-6,12H,3-4,7-11,13H2,1-2H3,(H,22,26)(H,23,25). The summed E-state index contributed by atoms with van der Waals surface area (Å²) < 4.78 is 31.7. The van der Waals surface area contributed by atoms with Gasteiger partial charge in [-0.15, -0.1) is 0 Å². The topological polar surface area (TPSA) is 70.7 Å². The molecule has 8 heteroatoms. The number of halogens is 2. The lowest BCUT2D eigenvalue weighted by Gasteiger charge is -2.40. The number of hydrogen-bond donors (Lipinski definition) is 2. The molecule has 6 nitrogen and oxygen atoms in total. The van der Waals surface area contributed by atoms with Crippen molar-refractivity contribution in [2.45, 2.75) is 32.2 Å². The molecular formula is C19H27F2N3O3. The van der Waals surface area contributed by atoms with Crippen molar-refractivity contribution >= 4 is 11.8 Å². The number of carbonyl (C=O) groups is 2. The summed E-state index contributed by atoms with van der Waals surface area (Å²) in [6.07, 6.45) is 0.684. The zero-order valence-electron chi connectivity index (χ0n) is 15.8. The maximum absolute atomic E-state index is 13.5. The molecule has 1 aromatic carbocycles. The van der Waals surface area contributed by atoms with Gasteiger partial charge in [0.05, 0.1) is 18.8 Å². The predicted octanol–water partition coefficient (Wildman–Crippen LogP) is 1.70. The van der Waals surface area contributed by atoms with E-state index >= 15 is 0 Å². The van der Waals surface area contributed by atoms with Gasteiger partial charge in [0.15, 0.2) is 0 Å². The molecule has 0 unspecified atom stereocenters. The SMILES string of the molecule is CC(C)(CNC(=O)CCCNC(=O)c1ccc(F)cc1F)N1CCOCC1. The van der Waals surface area contributed by atoms with E-state index in [1.54, 1.807) is 0 Å². The van der Waals surface area contributed by atoms with Crippen LogP contribution in [0.3, 0.4) is 0 Å². The van der Waals surface area contributed by atoms with Crippen molar-refractivity contribution in [3.8, 4) is 0 Å². The summed E-state index contributed by atoms with van der Waals surface area (Å²) >= 11 is 0. The van der Waals surface area contributed by atoms with Crippen LogP contribution in [0.2, 0.25) is 0 Å². The van der Waals surface area contributed by atoms with Crippen LogP contribution >= 0.6 is 0 Å². The van der Waals surface area contributed by atoms with Gasteiger partial charge in [-0.25, -0.2) is 8.78 Å². The summed E-state index contributed by atoms with van der Waals surface area (Å²) in [6, 6.07) is 2.79. The van der Waals surface area contributed by atoms with Gasteiger partial charge in [-0.05, 0) is 32.4 Å². The van der Waals surface area contributed by atoms with Crippen LogP contribution in [-0.2, 0) is 9.53 Å². The van der Waals surface area contributed by atoms with Gasteiger partial charge >= 0.3 is 0 Å². The molecule has 150 valence electrons. The highest BCUT2D eigenvalue weighted by Gasteiger charge is 2.28. The summed E-state index contributed by atoms with van der Waals surface area (Å²) in [4.78, 5) is 26.2. The first-order valence-electron chi connectivity index (χ1n) is 9.12. The Balaban J connectivity index is 1.66. The van der Waals surface area contributed by atoms with Crippen LogP contribution in [0.5, 0.6) is 0 Å². The highest BCUT2D eigenvalue weighted by Crippen LogP contribution is 2.15. The van der Waals surface area contributed by atoms with Gasteiger partial charge in [0.1, 0.15) is 11.6 Å². The van der Waals surface area contributed by atoms with Gasteiger partial charge in [-0.1, -0.05) is 0 Å².